The van der Waals surface area contributed by atoms with Crippen LogP contribution >= 0.6 is 11.8 Å². The molecule has 1 aromatic carbocycles. The number of hydrogen-bond donors (Lipinski definition) is 0. The number of rotatable bonds is 2. The first-order valence-corrected chi connectivity index (χ1v) is 9.12. The normalized spacial score (nSPS) is 27.7. The SMILES string of the molecule is CSc1ccc(C(=O)N2C[C@H]3C[C@H]2CS3(=O)=O)cc1. The second-order valence-electron chi connectivity index (χ2n) is 5.03. The topological polar surface area (TPSA) is 54.5 Å². The van der Waals surface area contributed by atoms with Gasteiger partial charge >= 0.3 is 0 Å². The summed E-state index contributed by atoms with van der Waals surface area (Å²) >= 11 is 1.63. The van der Waals surface area contributed by atoms with E-state index in [-0.39, 0.29) is 23.0 Å². The van der Waals surface area contributed by atoms with E-state index >= 15 is 0 Å². The van der Waals surface area contributed by atoms with Gasteiger partial charge in [0.25, 0.3) is 5.91 Å². The molecule has 2 atom stereocenters. The van der Waals surface area contributed by atoms with Crippen molar-refractivity contribution >= 4 is 27.5 Å². The van der Waals surface area contributed by atoms with E-state index in [2.05, 4.69) is 0 Å². The summed E-state index contributed by atoms with van der Waals surface area (Å²) < 4.78 is 23.3. The van der Waals surface area contributed by atoms with Crippen LogP contribution in [0.25, 0.3) is 0 Å². The number of sulfone groups is 1. The minimum Gasteiger partial charge on any atom is -0.333 e. The monoisotopic (exact) mass is 297 g/mol. The first-order valence-electron chi connectivity index (χ1n) is 6.18. The lowest BCUT2D eigenvalue weighted by molar-refractivity contribution is 0.0746. The van der Waals surface area contributed by atoms with Gasteiger partial charge in [-0.1, -0.05) is 0 Å². The summed E-state index contributed by atoms with van der Waals surface area (Å²) in [6.07, 6.45) is 2.60. The number of carbonyl (C=O) groups is 1. The summed E-state index contributed by atoms with van der Waals surface area (Å²) in [7, 11) is -2.94. The smallest absolute Gasteiger partial charge is 0.254 e. The van der Waals surface area contributed by atoms with E-state index in [1.807, 2.05) is 30.5 Å². The van der Waals surface area contributed by atoms with Crippen LogP contribution in [0.4, 0.5) is 0 Å². The van der Waals surface area contributed by atoms with Crippen molar-refractivity contribution in [2.75, 3.05) is 18.6 Å². The Bertz CT molecular complexity index is 609. The second kappa shape index (κ2) is 4.52. The zero-order chi connectivity index (χ0) is 13.6. The van der Waals surface area contributed by atoms with E-state index < -0.39 is 9.84 Å². The Labute approximate surface area is 117 Å². The lowest BCUT2D eigenvalue weighted by Crippen LogP contribution is -2.44. The molecule has 19 heavy (non-hydrogen) atoms. The van der Waals surface area contributed by atoms with E-state index in [0.717, 1.165) is 4.90 Å². The minimum atomic E-state index is -2.94. The summed E-state index contributed by atoms with van der Waals surface area (Å²) in [6, 6.07) is 7.35. The van der Waals surface area contributed by atoms with Gasteiger partial charge in [0.15, 0.2) is 9.84 Å². The van der Waals surface area contributed by atoms with Crippen molar-refractivity contribution < 1.29 is 13.2 Å². The van der Waals surface area contributed by atoms with E-state index in [1.54, 1.807) is 16.7 Å². The summed E-state index contributed by atoms with van der Waals surface area (Å²) in [4.78, 5) is 15.2. The first kappa shape index (κ1) is 13.0. The lowest BCUT2D eigenvalue weighted by Gasteiger charge is -2.26. The third-order valence-electron chi connectivity index (χ3n) is 3.91. The van der Waals surface area contributed by atoms with Crippen LogP contribution < -0.4 is 0 Å². The molecular weight excluding hydrogens is 282 g/mol. The minimum absolute atomic E-state index is 0.0462. The fraction of sp³-hybridized carbons (Fsp3) is 0.462. The predicted octanol–water partition coefficient (Wildman–Crippen LogP) is 1.42. The lowest BCUT2D eigenvalue weighted by atomic mass is 10.2. The maximum Gasteiger partial charge on any atom is 0.254 e. The molecule has 2 saturated heterocycles. The highest BCUT2D eigenvalue weighted by Crippen LogP contribution is 2.33. The molecule has 0 spiro atoms. The van der Waals surface area contributed by atoms with Crippen LogP contribution in [-0.2, 0) is 9.84 Å². The molecule has 1 aromatic rings. The van der Waals surface area contributed by atoms with Gasteiger partial charge in [-0.2, -0.15) is 0 Å². The Hall–Kier alpha value is -1.01. The summed E-state index contributed by atoms with van der Waals surface area (Å²) in [5.74, 6) is 0.0850. The number of benzene rings is 1. The molecule has 6 heteroatoms. The Morgan fingerprint density at radius 1 is 1.32 bits per heavy atom. The molecule has 0 N–H and O–H groups in total. The van der Waals surface area contributed by atoms with E-state index in [0.29, 0.717) is 18.5 Å². The molecule has 3 rings (SSSR count). The molecule has 2 fully saturated rings. The Morgan fingerprint density at radius 3 is 2.47 bits per heavy atom. The Balaban J connectivity index is 1.79. The van der Waals surface area contributed by atoms with Gasteiger partial charge in [0, 0.05) is 23.0 Å². The van der Waals surface area contributed by atoms with Crippen molar-refractivity contribution in [1.29, 1.82) is 0 Å². The largest absolute Gasteiger partial charge is 0.333 e. The van der Waals surface area contributed by atoms with Crippen LogP contribution in [0.2, 0.25) is 0 Å². The van der Waals surface area contributed by atoms with Gasteiger partial charge in [0.05, 0.1) is 11.0 Å². The molecule has 0 unspecified atom stereocenters. The molecule has 2 heterocycles. The molecule has 4 nitrogen and oxygen atoms in total. The molecule has 2 aliphatic rings. The number of hydrogen-bond acceptors (Lipinski definition) is 4. The standard InChI is InChI=1S/C13H15NO3S2/c1-18-11-4-2-9(3-5-11)13(15)14-7-12-6-10(14)8-19(12,16)17/h2-5,10,12H,6-8H2,1H3/t10-,12+/m0/s1. The summed E-state index contributed by atoms with van der Waals surface area (Å²) in [6.45, 7) is 0.357. The average Bonchev–Trinajstić information content (AvgIpc) is 2.93. The molecule has 0 saturated carbocycles. The average molecular weight is 297 g/mol. The van der Waals surface area contributed by atoms with E-state index in [9.17, 15) is 13.2 Å². The fourth-order valence-corrected chi connectivity index (χ4v) is 5.28. The van der Waals surface area contributed by atoms with Crippen molar-refractivity contribution in [1.82, 2.24) is 4.90 Å². The van der Waals surface area contributed by atoms with Crippen LogP contribution in [0, 0.1) is 0 Å². The number of fused-ring (bicyclic) bond motifs is 2. The van der Waals surface area contributed by atoms with Crippen molar-refractivity contribution in [2.24, 2.45) is 0 Å². The van der Waals surface area contributed by atoms with Crippen LogP contribution in [-0.4, -0.2) is 49.1 Å². The van der Waals surface area contributed by atoms with Gasteiger partial charge in [0.1, 0.15) is 0 Å². The van der Waals surface area contributed by atoms with Crippen molar-refractivity contribution in [3.63, 3.8) is 0 Å². The number of thioether (sulfide) groups is 1. The number of likely N-dealkylation sites (tertiary alicyclic amines) is 1. The van der Waals surface area contributed by atoms with E-state index in [1.165, 1.54) is 0 Å². The third kappa shape index (κ3) is 2.17. The van der Waals surface area contributed by atoms with Gasteiger partial charge < -0.3 is 4.90 Å². The quantitative estimate of drug-likeness (QED) is 0.775. The van der Waals surface area contributed by atoms with Crippen LogP contribution in [0.1, 0.15) is 16.8 Å². The zero-order valence-electron chi connectivity index (χ0n) is 10.6. The van der Waals surface area contributed by atoms with Gasteiger partial charge in [0.2, 0.25) is 0 Å². The molecule has 1 amide bonds. The van der Waals surface area contributed by atoms with Gasteiger partial charge in [-0.05, 0) is 36.9 Å². The fourth-order valence-electron chi connectivity index (χ4n) is 2.84. The van der Waals surface area contributed by atoms with Crippen molar-refractivity contribution in [3.8, 4) is 0 Å². The highest BCUT2D eigenvalue weighted by atomic mass is 32.2. The number of nitrogens with zero attached hydrogens (tertiary/aromatic N) is 1. The summed E-state index contributed by atoms with van der Waals surface area (Å²) in [5.41, 5.74) is 0.641. The Morgan fingerprint density at radius 2 is 2.00 bits per heavy atom. The molecule has 2 bridgehead atoms. The van der Waals surface area contributed by atoms with Gasteiger partial charge in [-0.15, -0.1) is 11.8 Å². The maximum absolute atomic E-state index is 12.4. The highest BCUT2D eigenvalue weighted by molar-refractivity contribution is 7.98. The van der Waals surface area contributed by atoms with Crippen LogP contribution in [0.15, 0.2) is 29.2 Å². The maximum atomic E-state index is 12.4. The number of amides is 1. The van der Waals surface area contributed by atoms with Gasteiger partial charge in [-0.3, -0.25) is 4.79 Å². The molecule has 0 aliphatic carbocycles. The Kier molecular flexibility index (Phi) is 3.09. The predicted molar refractivity (Wildman–Crippen MR) is 75.2 cm³/mol. The van der Waals surface area contributed by atoms with Crippen LogP contribution in [0.5, 0.6) is 0 Å². The molecule has 102 valence electrons. The second-order valence-corrected chi connectivity index (χ2v) is 8.23. The number of carbonyl (C=O) groups excluding carboxylic acids is 1. The zero-order valence-corrected chi connectivity index (χ0v) is 12.2. The van der Waals surface area contributed by atoms with E-state index in [4.69, 9.17) is 0 Å². The highest BCUT2D eigenvalue weighted by Gasteiger charge is 2.49. The molecule has 2 aliphatic heterocycles. The van der Waals surface area contributed by atoms with Gasteiger partial charge in [-0.25, -0.2) is 8.42 Å². The van der Waals surface area contributed by atoms with Crippen LogP contribution in [0.3, 0.4) is 0 Å². The molecule has 0 radical (unpaired) electrons. The van der Waals surface area contributed by atoms with Crippen molar-refractivity contribution in [3.05, 3.63) is 29.8 Å². The first-order chi connectivity index (χ1) is 9.01. The molecule has 0 aromatic heterocycles. The third-order valence-corrected chi connectivity index (χ3v) is 6.86. The summed E-state index contributed by atoms with van der Waals surface area (Å²) in [5, 5.41) is -0.341. The molecular formula is C13H15NO3S2. The van der Waals surface area contributed by atoms with Crippen molar-refractivity contribution in [2.45, 2.75) is 22.6 Å².